The highest BCUT2D eigenvalue weighted by Gasteiger charge is 2.25. The lowest BCUT2D eigenvalue weighted by molar-refractivity contribution is -0.135. The molecule has 1 atom stereocenters. The largest absolute Gasteiger partial charge is 0.389 e. The van der Waals surface area contributed by atoms with Gasteiger partial charge in [-0.2, -0.15) is 13.2 Å². The van der Waals surface area contributed by atoms with Crippen LogP contribution in [0.15, 0.2) is 0 Å². The molecule has 0 saturated heterocycles. The number of alkyl halides is 3. The Balaban J connectivity index is 3.31. The first kappa shape index (κ1) is 15.7. The van der Waals surface area contributed by atoms with Crippen molar-refractivity contribution >= 4 is 0 Å². The highest BCUT2D eigenvalue weighted by Crippen LogP contribution is 2.20. The van der Waals surface area contributed by atoms with Crippen molar-refractivity contribution in [2.45, 2.75) is 45.1 Å². The van der Waals surface area contributed by atoms with E-state index < -0.39 is 18.7 Å². The van der Waals surface area contributed by atoms with Crippen molar-refractivity contribution in [1.29, 1.82) is 0 Å². The molecular formula is C10H20F3NO2. The molecule has 98 valence electrons. The smallest absolute Gasteiger partial charge is 0.389 e. The molecular weight excluding hydrogens is 223 g/mol. The van der Waals surface area contributed by atoms with Crippen molar-refractivity contribution in [3.8, 4) is 0 Å². The van der Waals surface area contributed by atoms with Gasteiger partial charge in [-0.1, -0.05) is 0 Å². The van der Waals surface area contributed by atoms with E-state index in [1.165, 1.54) is 0 Å². The number of ether oxygens (including phenoxy) is 1. The average Bonchev–Trinajstić information content (AvgIpc) is 2.12. The molecule has 0 aromatic heterocycles. The summed E-state index contributed by atoms with van der Waals surface area (Å²) in [6.45, 7) is 4.40. The van der Waals surface area contributed by atoms with E-state index in [1.54, 1.807) is 0 Å². The van der Waals surface area contributed by atoms with E-state index in [0.717, 1.165) is 0 Å². The minimum atomic E-state index is -4.10. The van der Waals surface area contributed by atoms with E-state index >= 15 is 0 Å². The van der Waals surface area contributed by atoms with Gasteiger partial charge in [-0.25, -0.2) is 0 Å². The highest BCUT2D eigenvalue weighted by molar-refractivity contribution is 4.60. The molecule has 0 spiro atoms. The standard InChI is InChI=1S/C10H20F3NO2/c1-8(2)16-7-9(15)6-14-5-3-4-10(11,12)13/h8-9,14-15H,3-7H2,1-2H3. The van der Waals surface area contributed by atoms with E-state index in [4.69, 9.17) is 4.74 Å². The fourth-order valence-electron chi connectivity index (χ4n) is 1.04. The van der Waals surface area contributed by atoms with Crippen molar-refractivity contribution < 1.29 is 23.0 Å². The van der Waals surface area contributed by atoms with Gasteiger partial charge in [-0.3, -0.25) is 0 Å². The van der Waals surface area contributed by atoms with Crippen LogP contribution in [0.1, 0.15) is 26.7 Å². The van der Waals surface area contributed by atoms with Gasteiger partial charge in [0.2, 0.25) is 0 Å². The van der Waals surface area contributed by atoms with Gasteiger partial charge in [0, 0.05) is 13.0 Å². The Morgan fingerprint density at radius 1 is 1.31 bits per heavy atom. The zero-order valence-corrected chi connectivity index (χ0v) is 9.68. The number of rotatable bonds is 8. The van der Waals surface area contributed by atoms with Crippen LogP contribution in [0.3, 0.4) is 0 Å². The van der Waals surface area contributed by atoms with Crippen LogP contribution in [-0.2, 0) is 4.74 Å². The van der Waals surface area contributed by atoms with Crippen LogP contribution in [0.2, 0.25) is 0 Å². The molecule has 16 heavy (non-hydrogen) atoms. The molecule has 0 amide bonds. The summed E-state index contributed by atoms with van der Waals surface area (Å²) < 4.78 is 40.4. The summed E-state index contributed by atoms with van der Waals surface area (Å²) in [6, 6.07) is 0. The van der Waals surface area contributed by atoms with Crippen LogP contribution in [0, 0.1) is 0 Å². The molecule has 3 nitrogen and oxygen atoms in total. The normalized spacial score (nSPS) is 14.4. The molecule has 0 aromatic rings. The van der Waals surface area contributed by atoms with Gasteiger partial charge < -0.3 is 15.2 Å². The Bertz CT molecular complexity index is 174. The van der Waals surface area contributed by atoms with Gasteiger partial charge in [0.25, 0.3) is 0 Å². The maximum absolute atomic E-state index is 11.8. The van der Waals surface area contributed by atoms with Crippen molar-refractivity contribution in [3.05, 3.63) is 0 Å². The molecule has 0 fully saturated rings. The van der Waals surface area contributed by atoms with Crippen LogP contribution < -0.4 is 5.32 Å². The van der Waals surface area contributed by atoms with E-state index in [1.807, 2.05) is 13.8 Å². The Morgan fingerprint density at radius 3 is 2.44 bits per heavy atom. The number of aliphatic hydroxyl groups excluding tert-OH is 1. The van der Waals surface area contributed by atoms with Gasteiger partial charge in [0.15, 0.2) is 0 Å². The lowest BCUT2D eigenvalue weighted by Crippen LogP contribution is -2.32. The molecule has 0 heterocycles. The number of aliphatic hydroxyl groups is 1. The number of hydrogen-bond acceptors (Lipinski definition) is 3. The predicted octanol–water partition coefficient (Wildman–Crippen LogP) is 1.70. The molecule has 0 radical (unpaired) electrons. The van der Waals surface area contributed by atoms with Crippen molar-refractivity contribution in [2.24, 2.45) is 0 Å². The first-order valence-corrected chi connectivity index (χ1v) is 5.38. The maximum atomic E-state index is 11.8. The van der Waals surface area contributed by atoms with Gasteiger partial charge in [-0.15, -0.1) is 0 Å². The average molecular weight is 243 g/mol. The quantitative estimate of drug-likeness (QED) is 0.638. The third-order valence-corrected chi connectivity index (χ3v) is 1.82. The van der Waals surface area contributed by atoms with Crippen LogP contribution >= 0.6 is 0 Å². The third-order valence-electron chi connectivity index (χ3n) is 1.82. The topological polar surface area (TPSA) is 41.5 Å². The van der Waals surface area contributed by atoms with Crippen LogP contribution in [0.4, 0.5) is 13.2 Å². The monoisotopic (exact) mass is 243 g/mol. The Labute approximate surface area is 94.0 Å². The van der Waals surface area contributed by atoms with Crippen LogP contribution in [0.25, 0.3) is 0 Å². The fraction of sp³-hybridized carbons (Fsp3) is 1.00. The molecule has 0 aliphatic carbocycles. The SMILES string of the molecule is CC(C)OCC(O)CNCCCC(F)(F)F. The Kier molecular flexibility index (Phi) is 7.70. The summed E-state index contributed by atoms with van der Waals surface area (Å²) in [7, 11) is 0. The molecule has 0 saturated carbocycles. The summed E-state index contributed by atoms with van der Waals surface area (Å²) in [4.78, 5) is 0. The fourth-order valence-corrected chi connectivity index (χ4v) is 1.04. The molecule has 0 rings (SSSR count). The van der Waals surface area contributed by atoms with Crippen molar-refractivity contribution in [1.82, 2.24) is 5.32 Å². The van der Waals surface area contributed by atoms with Crippen molar-refractivity contribution in [3.63, 3.8) is 0 Å². The Morgan fingerprint density at radius 2 is 1.94 bits per heavy atom. The molecule has 0 aliphatic heterocycles. The third kappa shape index (κ3) is 11.7. The zero-order chi connectivity index (χ0) is 12.6. The van der Waals surface area contributed by atoms with E-state index in [-0.39, 0.29) is 32.2 Å². The number of hydrogen-bond donors (Lipinski definition) is 2. The molecule has 0 aliphatic rings. The first-order valence-electron chi connectivity index (χ1n) is 5.38. The summed E-state index contributed by atoms with van der Waals surface area (Å²) in [5.41, 5.74) is 0. The molecule has 0 bridgehead atoms. The van der Waals surface area contributed by atoms with Crippen LogP contribution in [-0.4, -0.2) is 43.2 Å². The van der Waals surface area contributed by atoms with Gasteiger partial charge in [-0.05, 0) is 26.8 Å². The van der Waals surface area contributed by atoms with Crippen LogP contribution in [0.5, 0.6) is 0 Å². The van der Waals surface area contributed by atoms with E-state index in [9.17, 15) is 18.3 Å². The molecule has 1 unspecified atom stereocenters. The van der Waals surface area contributed by atoms with Crippen molar-refractivity contribution in [2.75, 3.05) is 19.7 Å². The second-order valence-corrected chi connectivity index (χ2v) is 3.96. The number of nitrogens with one attached hydrogen (secondary N) is 1. The maximum Gasteiger partial charge on any atom is 0.389 e. The first-order chi connectivity index (χ1) is 7.31. The summed E-state index contributed by atoms with van der Waals surface area (Å²) in [5, 5.41) is 12.1. The second-order valence-electron chi connectivity index (χ2n) is 3.96. The molecule has 6 heteroatoms. The van der Waals surface area contributed by atoms with E-state index in [0.29, 0.717) is 0 Å². The second kappa shape index (κ2) is 7.86. The summed E-state index contributed by atoms with van der Waals surface area (Å²) in [5.74, 6) is 0. The highest BCUT2D eigenvalue weighted by atomic mass is 19.4. The summed E-state index contributed by atoms with van der Waals surface area (Å²) >= 11 is 0. The minimum Gasteiger partial charge on any atom is -0.389 e. The van der Waals surface area contributed by atoms with Gasteiger partial charge >= 0.3 is 6.18 Å². The van der Waals surface area contributed by atoms with Gasteiger partial charge in [0.05, 0.1) is 18.8 Å². The molecule has 2 N–H and O–H groups in total. The van der Waals surface area contributed by atoms with Gasteiger partial charge in [0.1, 0.15) is 0 Å². The predicted molar refractivity (Wildman–Crippen MR) is 55.3 cm³/mol. The minimum absolute atomic E-state index is 0.0290. The zero-order valence-electron chi connectivity index (χ0n) is 9.68. The number of halogens is 3. The van der Waals surface area contributed by atoms with E-state index in [2.05, 4.69) is 5.32 Å². The lowest BCUT2D eigenvalue weighted by atomic mass is 10.3. The Hall–Kier alpha value is -0.330. The lowest BCUT2D eigenvalue weighted by Gasteiger charge is -2.14. The molecule has 0 aromatic carbocycles. The summed E-state index contributed by atoms with van der Waals surface area (Å²) in [6.07, 6.45) is -5.49.